The van der Waals surface area contributed by atoms with Crippen molar-refractivity contribution in [3.05, 3.63) is 94.9 Å². The molecule has 0 radical (unpaired) electrons. The smallest absolute Gasteiger partial charge is 0.262 e. The Balaban J connectivity index is 1.33. The van der Waals surface area contributed by atoms with E-state index in [1.165, 1.54) is 38.4 Å². The van der Waals surface area contributed by atoms with Gasteiger partial charge >= 0.3 is 0 Å². The van der Waals surface area contributed by atoms with Crippen molar-refractivity contribution in [1.29, 1.82) is 0 Å². The maximum atomic E-state index is 6.08. The molecule has 1 aromatic heterocycles. The summed E-state index contributed by atoms with van der Waals surface area (Å²) in [6, 6.07) is 12.4. The molecule has 1 aliphatic heterocycles. The Bertz CT molecular complexity index is 1560. The molecule has 2 aromatic carbocycles. The Hall–Kier alpha value is -3.26. The van der Waals surface area contributed by atoms with Crippen molar-refractivity contribution in [2.24, 2.45) is 12.5 Å². The fraction of sp³-hybridized carbons (Fsp3) is 0.303. The third kappa shape index (κ3) is 6.22. The van der Waals surface area contributed by atoms with Gasteiger partial charge in [0.2, 0.25) is 11.4 Å². The summed E-state index contributed by atoms with van der Waals surface area (Å²) in [5.41, 5.74) is 5.17. The van der Waals surface area contributed by atoms with Crippen LogP contribution in [0.1, 0.15) is 38.6 Å². The zero-order chi connectivity index (χ0) is 28.3. The number of rotatable bonds is 8. The van der Waals surface area contributed by atoms with Gasteiger partial charge in [-0.05, 0) is 66.7 Å². The lowest BCUT2D eigenvalue weighted by Gasteiger charge is -2.30. The molecule has 0 saturated heterocycles. The molecular weight excluding hydrogens is 537 g/mol. The summed E-state index contributed by atoms with van der Waals surface area (Å²) in [7, 11) is 5.53. The van der Waals surface area contributed by atoms with Gasteiger partial charge in [0.25, 0.3) is 5.01 Å². The van der Waals surface area contributed by atoms with Crippen LogP contribution < -0.4 is 18.9 Å². The van der Waals surface area contributed by atoms with E-state index in [0.717, 1.165) is 47.4 Å². The fourth-order valence-electron chi connectivity index (χ4n) is 5.33. The summed E-state index contributed by atoms with van der Waals surface area (Å²) in [4.78, 5) is 3.27. The van der Waals surface area contributed by atoms with Gasteiger partial charge in [-0.25, -0.2) is 0 Å². The lowest BCUT2D eigenvalue weighted by Crippen LogP contribution is -2.29. The number of benzene rings is 2. The molecule has 0 atom stereocenters. The molecule has 2 heterocycles. The Morgan fingerprint density at radius 1 is 1.10 bits per heavy atom. The van der Waals surface area contributed by atoms with E-state index in [1.807, 2.05) is 41.7 Å². The molecule has 40 heavy (non-hydrogen) atoms. The van der Waals surface area contributed by atoms with E-state index < -0.39 is 0 Å². The first kappa shape index (κ1) is 28.3. The SMILES string of the molecule is CCN1/C(=C/C=C/C=C/C2=CC(=C/c3sc4ccc(SOC)cc4[n+]3C)/CC(C)(C)C2)Oc2ccc(OC)cc21. The first-order valence-corrected chi connectivity index (χ1v) is 15.1. The van der Waals surface area contributed by atoms with Crippen LogP contribution in [-0.4, -0.2) is 20.8 Å². The Morgan fingerprint density at radius 3 is 2.73 bits per heavy atom. The van der Waals surface area contributed by atoms with Crippen LogP contribution in [0.4, 0.5) is 5.69 Å². The Morgan fingerprint density at radius 2 is 1.95 bits per heavy atom. The van der Waals surface area contributed by atoms with Gasteiger partial charge in [0.15, 0.2) is 5.75 Å². The van der Waals surface area contributed by atoms with Crippen LogP contribution in [0.25, 0.3) is 16.3 Å². The molecule has 208 valence electrons. The molecule has 1 aliphatic carbocycles. The average molecular weight is 574 g/mol. The Kier molecular flexibility index (Phi) is 8.54. The van der Waals surface area contributed by atoms with Crippen LogP contribution in [0.2, 0.25) is 0 Å². The van der Waals surface area contributed by atoms with Crippen molar-refractivity contribution in [2.75, 3.05) is 25.7 Å². The van der Waals surface area contributed by atoms with Crippen molar-refractivity contribution in [2.45, 2.75) is 38.5 Å². The minimum atomic E-state index is 0.204. The van der Waals surface area contributed by atoms with Crippen LogP contribution in [-0.2, 0) is 11.2 Å². The molecule has 0 spiro atoms. The lowest BCUT2D eigenvalue weighted by atomic mass is 9.75. The second kappa shape index (κ2) is 12.1. The van der Waals surface area contributed by atoms with Crippen molar-refractivity contribution < 1.29 is 18.2 Å². The van der Waals surface area contributed by atoms with E-state index in [2.05, 4.69) is 85.9 Å². The van der Waals surface area contributed by atoms with E-state index in [9.17, 15) is 0 Å². The maximum Gasteiger partial charge on any atom is 0.262 e. The van der Waals surface area contributed by atoms with Gasteiger partial charge in [-0.3, -0.25) is 0 Å². The van der Waals surface area contributed by atoms with E-state index in [-0.39, 0.29) is 5.41 Å². The van der Waals surface area contributed by atoms with E-state index in [1.54, 1.807) is 14.2 Å². The molecule has 5 nitrogen and oxygen atoms in total. The molecule has 0 N–H and O–H groups in total. The highest BCUT2D eigenvalue weighted by Crippen LogP contribution is 2.41. The highest BCUT2D eigenvalue weighted by molar-refractivity contribution is 7.94. The average Bonchev–Trinajstić information content (AvgIpc) is 3.43. The van der Waals surface area contributed by atoms with Gasteiger partial charge < -0.3 is 18.6 Å². The molecule has 0 saturated carbocycles. The van der Waals surface area contributed by atoms with Gasteiger partial charge in [0.05, 0.1) is 19.9 Å². The Labute approximate surface area is 246 Å². The van der Waals surface area contributed by atoms with Crippen molar-refractivity contribution >= 4 is 45.4 Å². The van der Waals surface area contributed by atoms with Crippen LogP contribution in [0, 0.1) is 5.41 Å². The van der Waals surface area contributed by atoms with Crippen LogP contribution >= 0.6 is 23.4 Å². The highest BCUT2D eigenvalue weighted by Gasteiger charge is 2.27. The third-order valence-corrected chi connectivity index (χ3v) is 8.87. The molecule has 3 aromatic rings. The number of hydrogen-bond acceptors (Lipinski definition) is 6. The predicted molar refractivity (Wildman–Crippen MR) is 168 cm³/mol. The van der Waals surface area contributed by atoms with Crippen LogP contribution in [0.3, 0.4) is 0 Å². The van der Waals surface area contributed by atoms with E-state index in [4.69, 9.17) is 13.7 Å². The van der Waals surface area contributed by atoms with Crippen LogP contribution in [0.15, 0.2) is 94.8 Å². The van der Waals surface area contributed by atoms with Crippen LogP contribution in [0.5, 0.6) is 11.5 Å². The third-order valence-electron chi connectivity index (χ3n) is 7.09. The number of thiazole rings is 1. The lowest BCUT2D eigenvalue weighted by molar-refractivity contribution is -0.642. The molecule has 5 rings (SSSR count). The van der Waals surface area contributed by atoms with Crippen molar-refractivity contribution in [3.63, 3.8) is 0 Å². The number of anilines is 1. The monoisotopic (exact) mass is 573 g/mol. The molecule has 0 amide bonds. The number of nitrogens with zero attached hydrogens (tertiary/aromatic N) is 2. The number of allylic oxidation sites excluding steroid dienone is 8. The predicted octanol–water partition coefficient (Wildman–Crippen LogP) is 8.39. The number of aryl methyl sites for hydroxylation is 1. The normalized spacial score (nSPS) is 18.8. The first-order chi connectivity index (χ1) is 19.3. The largest absolute Gasteiger partial charge is 0.497 e. The summed E-state index contributed by atoms with van der Waals surface area (Å²) in [6.45, 7) is 7.64. The summed E-state index contributed by atoms with van der Waals surface area (Å²) >= 11 is 3.23. The molecule has 2 aliphatic rings. The summed E-state index contributed by atoms with van der Waals surface area (Å²) < 4.78 is 20.3. The number of methoxy groups -OCH3 is 1. The van der Waals surface area contributed by atoms with Gasteiger partial charge in [-0.1, -0.05) is 55.6 Å². The number of ether oxygens (including phenoxy) is 2. The fourth-order valence-corrected chi connectivity index (χ4v) is 6.91. The topological polar surface area (TPSA) is 34.8 Å². The molecule has 0 unspecified atom stereocenters. The minimum absolute atomic E-state index is 0.204. The molecule has 0 bridgehead atoms. The minimum Gasteiger partial charge on any atom is -0.497 e. The summed E-state index contributed by atoms with van der Waals surface area (Å²) in [6.07, 6.45) is 17.3. The summed E-state index contributed by atoms with van der Waals surface area (Å²) in [5, 5.41) is 1.25. The number of fused-ring (bicyclic) bond motifs is 2. The number of aromatic nitrogens is 1. The first-order valence-electron chi connectivity index (χ1n) is 13.5. The summed E-state index contributed by atoms with van der Waals surface area (Å²) in [5.74, 6) is 2.50. The molecule has 7 heteroatoms. The highest BCUT2D eigenvalue weighted by atomic mass is 32.2. The second-order valence-electron chi connectivity index (χ2n) is 10.8. The number of hydrogen-bond donors (Lipinski definition) is 0. The molecular formula is C33H37N2O3S2+. The van der Waals surface area contributed by atoms with Gasteiger partial charge in [-0.2, -0.15) is 4.57 Å². The maximum absolute atomic E-state index is 6.08. The van der Waals surface area contributed by atoms with Crippen molar-refractivity contribution in [1.82, 2.24) is 0 Å². The van der Waals surface area contributed by atoms with Gasteiger partial charge in [-0.15, -0.1) is 0 Å². The zero-order valence-electron chi connectivity index (χ0n) is 24.1. The van der Waals surface area contributed by atoms with E-state index >= 15 is 0 Å². The van der Waals surface area contributed by atoms with E-state index in [0.29, 0.717) is 0 Å². The standard InChI is InChI=1S/C33H37N2O3S2/c1-7-35-27-19-25(36-5)13-15-29(27)38-31(35)12-10-8-9-11-23-17-24(22-33(2,3)21-23)18-32-34(4)28-20-26(40-37-6)14-16-30(28)39-32/h8-20H,7,21-22H2,1-6H3/q+1. The van der Waals surface area contributed by atoms with Gasteiger partial charge in [0.1, 0.15) is 17.5 Å². The molecule has 0 fully saturated rings. The zero-order valence-corrected chi connectivity index (χ0v) is 25.7. The quantitative estimate of drug-likeness (QED) is 0.154. The second-order valence-corrected chi connectivity index (χ2v) is 12.8. The van der Waals surface area contributed by atoms with Gasteiger partial charge in [0, 0.05) is 41.7 Å². The van der Waals surface area contributed by atoms with Crippen molar-refractivity contribution in [3.8, 4) is 11.5 Å².